The third-order valence-electron chi connectivity index (χ3n) is 4.10. The van der Waals surface area contributed by atoms with E-state index in [1.807, 2.05) is 0 Å². The molecule has 0 saturated carbocycles. The summed E-state index contributed by atoms with van der Waals surface area (Å²) < 4.78 is 25.2. The van der Waals surface area contributed by atoms with Crippen molar-refractivity contribution in [2.75, 3.05) is 27.2 Å². The zero-order valence-electron chi connectivity index (χ0n) is 14.4. The van der Waals surface area contributed by atoms with E-state index in [0.717, 1.165) is 9.87 Å². The summed E-state index contributed by atoms with van der Waals surface area (Å²) in [6.45, 7) is 4.73. The Morgan fingerprint density at radius 1 is 1.36 bits per heavy atom. The van der Waals surface area contributed by atoms with Gasteiger partial charge in [-0.2, -0.15) is 0 Å². The van der Waals surface area contributed by atoms with Crippen molar-refractivity contribution < 1.29 is 18.0 Å². The smallest absolute Gasteiger partial charge is 0.242 e. The number of nitrogens with one attached hydrogen (secondary N) is 1. The second kappa shape index (κ2) is 7.79. The van der Waals surface area contributed by atoms with Gasteiger partial charge in [-0.1, -0.05) is 18.2 Å². The molecular formula is C17H23N3O4S. The van der Waals surface area contributed by atoms with E-state index in [1.54, 1.807) is 23.1 Å². The molecule has 136 valence electrons. The van der Waals surface area contributed by atoms with Gasteiger partial charge >= 0.3 is 0 Å². The number of likely N-dealkylation sites (tertiary alicyclic amines) is 1. The standard InChI is InChI=1S/C17H23N3O4S/c1-4-9-20-12-14(10-16(20)21)17(22)18-11-13-5-7-15(8-6-13)25(23,24)19(2)3/h4-8,14H,1,9-12H2,2-3H3,(H,18,22)/t14-/m1/s1. The molecule has 1 aromatic carbocycles. The molecule has 1 aliphatic heterocycles. The Morgan fingerprint density at radius 3 is 2.56 bits per heavy atom. The lowest BCUT2D eigenvalue weighted by atomic mass is 10.1. The first-order valence-electron chi connectivity index (χ1n) is 7.93. The SMILES string of the molecule is C=CCN1C[C@H](C(=O)NCc2ccc(S(=O)(=O)N(C)C)cc2)CC1=O. The topological polar surface area (TPSA) is 86.8 Å². The van der Waals surface area contributed by atoms with E-state index in [4.69, 9.17) is 0 Å². The fourth-order valence-electron chi connectivity index (χ4n) is 2.60. The Morgan fingerprint density at radius 2 is 2.00 bits per heavy atom. The molecule has 0 spiro atoms. The van der Waals surface area contributed by atoms with Gasteiger partial charge in [-0.05, 0) is 17.7 Å². The number of hydrogen-bond acceptors (Lipinski definition) is 4. The molecule has 2 amide bonds. The summed E-state index contributed by atoms with van der Waals surface area (Å²) in [5, 5.41) is 2.80. The zero-order chi connectivity index (χ0) is 18.6. The molecule has 1 heterocycles. The third-order valence-corrected chi connectivity index (χ3v) is 5.93. The van der Waals surface area contributed by atoms with Crippen molar-refractivity contribution in [2.24, 2.45) is 5.92 Å². The lowest BCUT2D eigenvalue weighted by molar-refractivity contribution is -0.128. The summed E-state index contributed by atoms with van der Waals surface area (Å²) in [4.78, 5) is 25.8. The number of rotatable bonds is 7. The monoisotopic (exact) mass is 365 g/mol. The van der Waals surface area contributed by atoms with Crippen molar-refractivity contribution >= 4 is 21.8 Å². The number of hydrogen-bond donors (Lipinski definition) is 1. The van der Waals surface area contributed by atoms with Gasteiger partial charge in [0.05, 0.1) is 10.8 Å². The van der Waals surface area contributed by atoms with Crippen LogP contribution in [-0.2, 0) is 26.2 Å². The minimum atomic E-state index is -3.46. The highest BCUT2D eigenvalue weighted by atomic mass is 32.2. The van der Waals surface area contributed by atoms with E-state index in [0.29, 0.717) is 13.1 Å². The Labute approximate surface area is 148 Å². The van der Waals surface area contributed by atoms with Crippen LogP contribution in [0, 0.1) is 5.92 Å². The maximum atomic E-state index is 12.2. The lowest BCUT2D eigenvalue weighted by Gasteiger charge is -2.14. The van der Waals surface area contributed by atoms with Crippen molar-refractivity contribution in [1.82, 2.24) is 14.5 Å². The van der Waals surface area contributed by atoms with Crippen LogP contribution >= 0.6 is 0 Å². The zero-order valence-corrected chi connectivity index (χ0v) is 15.3. The first kappa shape index (κ1) is 19.1. The number of nitrogens with zero attached hydrogens (tertiary/aromatic N) is 2. The van der Waals surface area contributed by atoms with Crippen LogP contribution < -0.4 is 5.32 Å². The van der Waals surface area contributed by atoms with Gasteiger partial charge in [0.25, 0.3) is 0 Å². The molecule has 2 rings (SSSR count). The van der Waals surface area contributed by atoms with Gasteiger partial charge in [0.2, 0.25) is 21.8 Å². The van der Waals surface area contributed by atoms with E-state index >= 15 is 0 Å². The average molecular weight is 365 g/mol. The first-order valence-corrected chi connectivity index (χ1v) is 9.37. The quantitative estimate of drug-likeness (QED) is 0.717. The van der Waals surface area contributed by atoms with Gasteiger partial charge in [0, 0.05) is 40.2 Å². The molecule has 0 radical (unpaired) electrons. The largest absolute Gasteiger partial charge is 0.352 e. The minimum Gasteiger partial charge on any atom is -0.352 e. The molecule has 1 aromatic rings. The Balaban J connectivity index is 1.92. The van der Waals surface area contributed by atoms with Crippen LogP contribution in [0.1, 0.15) is 12.0 Å². The maximum Gasteiger partial charge on any atom is 0.242 e. The molecule has 8 heteroatoms. The summed E-state index contributed by atoms with van der Waals surface area (Å²) in [7, 11) is -0.512. The van der Waals surface area contributed by atoms with Gasteiger partial charge in [0.15, 0.2) is 0 Å². The van der Waals surface area contributed by atoms with Gasteiger partial charge in [-0.15, -0.1) is 6.58 Å². The van der Waals surface area contributed by atoms with Gasteiger partial charge in [-0.3, -0.25) is 9.59 Å². The molecular weight excluding hydrogens is 342 g/mol. The van der Waals surface area contributed by atoms with Gasteiger partial charge < -0.3 is 10.2 Å². The second-order valence-electron chi connectivity index (χ2n) is 6.14. The fraction of sp³-hybridized carbons (Fsp3) is 0.412. The van der Waals surface area contributed by atoms with Crippen LogP contribution in [-0.4, -0.2) is 56.6 Å². The summed E-state index contributed by atoms with van der Waals surface area (Å²) in [6, 6.07) is 6.37. The van der Waals surface area contributed by atoms with Gasteiger partial charge in [-0.25, -0.2) is 12.7 Å². The normalized spacial score (nSPS) is 17.8. The highest BCUT2D eigenvalue weighted by Crippen LogP contribution is 2.18. The molecule has 0 aromatic heterocycles. The number of carbonyl (C=O) groups is 2. The minimum absolute atomic E-state index is 0.0432. The van der Waals surface area contributed by atoms with E-state index in [9.17, 15) is 18.0 Å². The molecule has 1 saturated heterocycles. The molecule has 7 nitrogen and oxygen atoms in total. The van der Waals surface area contributed by atoms with Crippen LogP contribution in [0.3, 0.4) is 0 Å². The summed E-state index contributed by atoms with van der Waals surface area (Å²) in [5.74, 6) is -0.580. The molecule has 1 N–H and O–H groups in total. The number of carbonyl (C=O) groups excluding carboxylic acids is 2. The summed E-state index contributed by atoms with van der Waals surface area (Å²) >= 11 is 0. The van der Waals surface area contributed by atoms with Crippen LogP contribution in [0.15, 0.2) is 41.8 Å². The maximum absolute atomic E-state index is 12.2. The van der Waals surface area contributed by atoms with E-state index < -0.39 is 10.0 Å². The summed E-state index contributed by atoms with van der Waals surface area (Å²) in [5.41, 5.74) is 0.790. The predicted molar refractivity (Wildman–Crippen MR) is 94.0 cm³/mol. The van der Waals surface area contributed by atoms with Crippen molar-refractivity contribution in [3.63, 3.8) is 0 Å². The van der Waals surface area contributed by atoms with Crippen molar-refractivity contribution in [1.29, 1.82) is 0 Å². The third kappa shape index (κ3) is 4.46. The Bertz CT molecular complexity index is 757. The van der Waals surface area contributed by atoms with Crippen LogP contribution in [0.4, 0.5) is 0 Å². The number of amides is 2. The fourth-order valence-corrected chi connectivity index (χ4v) is 3.51. The Kier molecular flexibility index (Phi) is 5.97. The second-order valence-corrected chi connectivity index (χ2v) is 8.29. The average Bonchev–Trinajstić information content (AvgIpc) is 2.94. The molecule has 0 bridgehead atoms. The van der Waals surface area contributed by atoms with E-state index in [-0.39, 0.29) is 35.6 Å². The molecule has 0 aliphatic carbocycles. The number of sulfonamides is 1. The first-order chi connectivity index (χ1) is 11.8. The molecule has 25 heavy (non-hydrogen) atoms. The van der Waals surface area contributed by atoms with Crippen molar-refractivity contribution in [3.8, 4) is 0 Å². The summed E-state index contributed by atoms with van der Waals surface area (Å²) in [6.07, 6.45) is 1.85. The van der Waals surface area contributed by atoms with Crippen LogP contribution in [0.5, 0.6) is 0 Å². The lowest BCUT2D eigenvalue weighted by Crippen LogP contribution is -2.32. The van der Waals surface area contributed by atoms with E-state index in [1.165, 1.54) is 26.2 Å². The van der Waals surface area contributed by atoms with Crippen LogP contribution in [0.2, 0.25) is 0 Å². The molecule has 0 unspecified atom stereocenters. The Hall–Kier alpha value is -2.19. The van der Waals surface area contributed by atoms with Crippen molar-refractivity contribution in [2.45, 2.75) is 17.9 Å². The van der Waals surface area contributed by atoms with Crippen molar-refractivity contribution in [3.05, 3.63) is 42.5 Å². The van der Waals surface area contributed by atoms with Gasteiger partial charge in [0.1, 0.15) is 0 Å². The molecule has 1 aliphatic rings. The van der Waals surface area contributed by atoms with E-state index in [2.05, 4.69) is 11.9 Å². The molecule has 1 fully saturated rings. The number of benzene rings is 1. The predicted octanol–water partition coefficient (Wildman–Crippen LogP) is 0.588. The highest BCUT2D eigenvalue weighted by molar-refractivity contribution is 7.89. The molecule has 1 atom stereocenters. The highest BCUT2D eigenvalue weighted by Gasteiger charge is 2.33. The van der Waals surface area contributed by atoms with Crippen LogP contribution in [0.25, 0.3) is 0 Å².